The van der Waals surface area contributed by atoms with Crippen LogP contribution in [0.2, 0.25) is 0 Å². The lowest BCUT2D eigenvalue weighted by atomic mass is 10.1. The first kappa shape index (κ1) is 13.3. The summed E-state index contributed by atoms with van der Waals surface area (Å²) in [5.74, 6) is 0.747. The third-order valence-electron chi connectivity index (χ3n) is 3.43. The molecule has 0 atom stereocenters. The van der Waals surface area contributed by atoms with Gasteiger partial charge in [0.05, 0.1) is 18.1 Å². The number of benzene rings is 2. The Bertz CT molecular complexity index is 706. The molecule has 21 heavy (non-hydrogen) atoms. The minimum Gasteiger partial charge on any atom is -0.378 e. The van der Waals surface area contributed by atoms with Crippen molar-refractivity contribution in [2.45, 2.75) is 13.5 Å². The summed E-state index contributed by atoms with van der Waals surface area (Å²) < 4.78 is 0. The molecular weight excluding hydrogens is 258 g/mol. The largest absolute Gasteiger partial charge is 0.378 e. The number of nitrogens with zero attached hydrogens (tertiary/aromatic N) is 2. The molecule has 0 saturated heterocycles. The van der Waals surface area contributed by atoms with Crippen LogP contribution >= 0.6 is 0 Å². The Kier molecular flexibility index (Phi) is 3.92. The maximum Gasteiger partial charge on any atom is 0.159 e. The van der Waals surface area contributed by atoms with Crippen LogP contribution < -0.4 is 5.32 Å². The highest BCUT2D eigenvalue weighted by atomic mass is 14.9. The summed E-state index contributed by atoms with van der Waals surface area (Å²) >= 11 is 0. The van der Waals surface area contributed by atoms with E-state index in [2.05, 4.69) is 46.5 Å². The topological polar surface area (TPSA) is 37.8 Å². The Hall–Kier alpha value is -2.68. The third-order valence-corrected chi connectivity index (χ3v) is 3.43. The first-order valence-corrected chi connectivity index (χ1v) is 6.99. The number of hydrogen-bond donors (Lipinski definition) is 1. The zero-order valence-corrected chi connectivity index (χ0v) is 12.0. The molecule has 3 aromatic rings. The number of rotatable bonds is 4. The molecule has 0 aliphatic carbocycles. The van der Waals surface area contributed by atoms with E-state index in [4.69, 9.17) is 0 Å². The molecule has 2 aromatic carbocycles. The van der Waals surface area contributed by atoms with Gasteiger partial charge < -0.3 is 5.32 Å². The van der Waals surface area contributed by atoms with Crippen molar-refractivity contribution in [1.82, 2.24) is 9.97 Å². The molecule has 0 aliphatic rings. The summed E-state index contributed by atoms with van der Waals surface area (Å²) in [6.45, 7) is 2.90. The van der Waals surface area contributed by atoms with Crippen molar-refractivity contribution in [1.29, 1.82) is 0 Å². The quantitative estimate of drug-likeness (QED) is 0.780. The van der Waals surface area contributed by atoms with E-state index >= 15 is 0 Å². The number of nitrogens with one attached hydrogen (secondary N) is 1. The van der Waals surface area contributed by atoms with Crippen molar-refractivity contribution >= 4 is 5.69 Å². The second kappa shape index (κ2) is 6.18. The summed E-state index contributed by atoms with van der Waals surface area (Å²) in [4.78, 5) is 8.82. The molecule has 0 aliphatic heterocycles. The molecule has 1 heterocycles. The lowest BCUT2D eigenvalue weighted by molar-refractivity contribution is 1.09. The predicted molar refractivity (Wildman–Crippen MR) is 86.0 cm³/mol. The van der Waals surface area contributed by atoms with Crippen LogP contribution in [0.3, 0.4) is 0 Å². The first-order valence-electron chi connectivity index (χ1n) is 6.99. The second-order valence-corrected chi connectivity index (χ2v) is 4.94. The highest BCUT2D eigenvalue weighted by molar-refractivity contribution is 5.55. The van der Waals surface area contributed by atoms with Crippen molar-refractivity contribution in [3.8, 4) is 11.4 Å². The van der Waals surface area contributed by atoms with Gasteiger partial charge in [-0.1, -0.05) is 54.6 Å². The Balaban J connectivity index is 1.69. The molecule has 3 rings (SSSR count). The number of aryl methyl sites for hydroxylation is 1. The van der Waals surface area contributed by atoms with E-state index in [9.17, 15) is 0 Å². The number of aromatic nitrogens is 2. The molecule has 3 nitrogen and oxygen atoms in total. The van der Waals surface area contributed by atoms with E-state index < -0.39 is 0 Å². The highest BCUT2D eigenvalue weighted by Crippen LogP contribution is 2.15. The lowest BCUT2D eigenvalue weighted by Gasteiger charge is -2.08. The van der Waals surface area contributed by atoms with Crippen LogP contribution in [-0.2, 0) is 6.54 Å². The molecule has 0 unspecified atom stereocenters. The molecule has 1 N–H and O–H groups in total. The number of anilines is 1. The van der Waals surface area contributed by atoms with Crippen LogP contribution in [0.15, 0.2) is 67.0 Å². The molecule has 0 radical (unpaired) electrons. The van der Waals surface area contributed by atoms with Crippen LogP contribution in [0.5, 0.6) is 0 Å². The Morgan fingerprint density at radius 3 is 2.24 bits per heavy atom. The first-order chi connectivity index (χ1) is 10.3. The van der Waals surface area contributed by atoms with Crippen LogP contribution in [0.1, 0.15) is 11.1 Å². The van der Waals surface area contributed by atoms with E-state index in [1.807, 2.05) is 42.7 Å². The fraction of sp³-hybridized carbons (Fsp3) is 0.111. The van der Waals surface area contributed by atoms with Gasteiger partial charge in [0.1, 0.15) is 0 Å². The van der Waals surface area contributed by atoms with E-state index in [1.165, 1.54) is 11.1 Å². The van der Waals surface area contributed by atoms with Crippen molar-refractivity contribution in [3.05, 3.63) is 78.1 Å². The molecular formula is C18H17N3. The van der Waals surface area contributed by atoms with Gasteiger partial charge in [0.2, 0.25) is 0 Å². The molecule has 1 aromatic heterocycles. The summed E-state index contributed by atoms with van der Waals surface area (Å²) in [6, 6.07) is 18.3. The summed E-state index contributed by atoms with van der Waals surface area (Å²) in [5.41, 5.74) is 4.53. The summed E-state index contributed by atoms with van der Waals surface area (Å²) in [7, 11) is 0. The van der Waals surface area contributed by atoms with Gasteiger partial charge in [-0.25, -0.2) is 9.97 Å². The average molecular weight is 275 g/mol. The van der Waals surface area contributed by atoms with Crippen LogP contribution in [0.25, 0.3) is 11.4 Å². The second-order valence-electron chi connectivity index (χ2n) is 4.94. The molecule has 0 saturated carbocycles. The Morgan fingerprint density at radius 2 is 1.52 bits per heavy atom. The Labute approximate surface area is 124 Å². The van der Waals surface area contributed by atoms with Crippen molar-refractivity contribution in [3.63, 3.8) is 0 Å². The van der Waals surface area contributed by atoms with E-state index in [1.54, 1.807) is 0 Å². The van der Waals surface area contributed by atoms with Crippen LogP contribution in [0.4, 0.5) is 5.69 Å². The molecule has 0 bridgehead atoms. The smallest absolute Gasteiger partial charge is 0.159 e. The van der Waals surface area contributed by atoms with Crippen molar-refractivity contribution in [2.75, 3.05) is 5.32 Å². The minimum atomic E-state index is 0.747. The van der Waals surface area contributed by atoms with Crippen molar-refractivity contribution in [2.24, 2.45) is 0 Å². The fourth-order valence-corrected chi connectivity index (χ4v) is 2.16. The maximum atomic E-state index is 4.41. The van der Waals surface area contributed by atoms with E-state index in [-0.39, 0.29) is 0 Å². The summed E-state index contributed by atoms with van der Waals surface area (Å²) in [5, 5.41) is 3.36. The molecule has 104 valence electrons. The van der Waals surface area contributed by atoms with Gasteiger partial charge in [-0.05, 0) is 18.1 Å². The monoisotopic (exact) mass is 275 g/mol. The highest BCUT2D eigenvalue weighted by Gasteiger charge is 2.01. The third kappa shape index (κ3) is 3.26. The van der Waals surface area contributed by atoms with Crippen LogP contribution in [-0.4, -0.2) is 9.97 Å². The predicted octanol–water partition coefficient (Wildman–Crippen LogP) is 4.06. The Morgan fingerprint density at radius 1 is 0.857 bits per heavy atom. The van der Waals surface area contributed by atoms with E-state index in [0.29, 0.717) is 0 Å². The van der Waals surface area contributed by atoms with Crippen LogP contribution in [0, 0.1) is 6.92 Å². The average Bonchev–Trinajstić information content (AvgIpc) is 2.55. The molecule has 0 amide bonds. The zero-order chi connectivity index (χ0) is 14.5. The molecule has 0 spiro atoms. The standard InChI is InChI=1S/C18H17N3/c1-14-7-5-6-10-16(14)11-19-17-12-20-18(21-13-17)15-8-3-2-4-9-15/h2-10,12-13,19H,11H2,1H3. The van der Waals surface area contributed by atoms with Gasteiger partial charge >= 0.3 is 0 Å². The lowest BCUT2D eigenvalue weighted by Crippen LogP contribution is -2.02. The minimum absolute atomic E-state index is 0.747. The molecule has 3 heteroatoms. The van der Waals surface area contributed by atoms with Gasteiger partial charge in [-0.15, -0.1) is 0 Å². The molecule has 0 fully saturated rings. The van der Waals surface area contributed by atoms with Gasteiger partial charge in [0.25, 0.3) is 0 Å². The zero-order valence-electron chi connectivity index (χ0n) is 12.0. The van der Waals surface area contributed by atoms with Gasteiger partial charge in [-0.2, -0.15) is 0 Å². The maximum absolute atomic E-state index is 4.41. The van der Waals surface area contributed by atoms with E-state index in [0.717, 1.165) is 23.6 Å². The van der Waals surface area contributed by atoms with Gasteiger partial charge in [0, 0.05) is 12.1 Å². The SMILES string of the molecule is Cc1ccccc1CNc1cnc(-c2ccccc2)nc1. The fourth-order valence-electron chi connectivity index (χ4n) is 2.16. The summed E-state index contributed by atoms with van der Waals surface area (Å²) in [6.07, 6.45) is 3.65. The van der Waals surface area contributed by atoms with Gasteiger partial charge in [-0.3, -0.25) is 0 Å². The number of hydrogen-bond acceptors (Lipinski definition) is 3. The normalized spacial score (nSPS) is 10.3. The van der Waals surface area contributed by atoms with Gasteiger partial charge in [0.15, 0.2) is 5.82 Å². The van der Waals surface area contributed by atoms with Crippen molar-refractivity contribution < 1.29 is 0 Å².